The number of nitrogens with zero attached hydrogens (tertiary/aromatic N) is 6. The minimum absolute atomic E-state index is 0.134. The molecule has 8 nitrogen and oxygen atoms in total. The second kappa shape index (κ2) is 10.2. The van der Waals surface area contributed by atoms with Crippen molar-refractivity contribution in [2.45, 2.75) is 57.3 Å². The van der Waals surface area contributed by atoms with E-state index in [1.54, 1.807) is 24.7 Å². The molecule has 0 amide bonds. The van der Waals surface area contributed by atoms with Crippen LogP contribution in [0.3, 0.4) is 0 Å². The van der Waals surface area contributed by atoms with E-state index in [0.717, 1.165) is 41.7 Å². The maximum Gasteiger partial charge on any atom is 0.418 e. The van der Waals surface area contributed by atoms with Gasteiger partial charge in [0.15, 0.2) is 0 Å². The van der Waals surface area contributed by atoms with Gasteiger partial charge >= 0.3 is 11.9 Å². The molecule has 4 aromatic rings. The van der Waals surface area contributed by atoms with Crippen LogP contribution in [0.25, 0.3) is 11.2 Å². The summed E-state index contributed by atoms with van der Waals surface area (Å²) >= 11 is 0. The molecule has 0 unspecified atom stereocenters. The van der Waals surface area contributed by atoms with E-state index in [-0.39, 0.29) is 23.5 Å². The summed E-state index contributed by atoms with van der Waals surface area (Å²) in [5.41, 5.74) is 0.253. The molecule has 1 aromatic carbocycles. The normalized spacial score (nSPS) is 22.9. The van der Waals surface area contributed by atoms with Gasteiger partial charge in [-0.2, -0.15) is 13.2 Å². The lowest BCUT2D eigenvalue weighted by atomic mass is 9.71. The minimum atomic E-state index is -4.61. The zero-order valence-corrected chi connectivity index (χ0v) is 22.6. The fourth-order valence-electron chi connectivity index (χ4n) is 6.41. The van der Waals surface area contributed by atoms with Crippen molar-refractivity contribution in [1.29, 1.82) is 0 Å². The Morgan fingerprint density at radius 3 is 2.65 bits per heavy atom. The lowest BCUT2D eigenvalue weighted by molar-refractivity contribution is -0.136. The average molecular weight is 555 g/mol. The Balaban J connectivity index is 1.42. The van der Waals surface area contributed by atoms with E-state index in [0.29, 0.717) is 36.6 Å². The molecule has 2 aliphatic rings. The van der Waals surface area contributed by atoms with Crippen molar-refractivity contribution in [2.24, 2.45) is 18.9 Å². The van der Waals surface area contributed by atoms with Crippen LogP contribution in [-0.4, -0.2) is 52.9 Å². The molecule has 212 valence electrons. The highest BCUT2D eigenvalue weighted by Gasteiger charge is 2.38. The summed E-state index contributed by atoms with van der Waals surface area (Å²) in [6.45, 7) is 4.17. The molecule has 0 bridgehead atoms. The van der Waals surface area contributed by atoms with Crippen LogP contribution < -0.4 is 5.69 Å². The van der Waals surface area contributed by atoms with Crippen molar-refractivity contribution >= 4 is 5.52 Å². The predicted octanol–water partition coefficient (Wildman–Crippen LogP) is 4.37. The maximum atomic E-state index is 14.2. The van der Waals surface area contributed by atoms with E-state index in [2.05, 4.69) is 22.0 Å². The molecule has 1 saturated heterocycles. The Bertz CT molecular complexity index is 1580. The second-order valence-electron chi connectivity index (χ2n) is 11.5. The fraction of sp³-hybridized carbons (Fsp3) is 0.483. The molecule has 1 aliphatic heterocycles. The monoisotopic (exact) mass is 554 g/mol. The van der Waals surface area contributed by atoms with Gasteiger partial charge in [0.1, 0.15) is 12.2 Å². The summed E-state index contributed by atoms with van der Waals surface area (Å²) in [7, 11) is 1.85. The largest absolute Gasteiger partial charge is 0.418 e. The van der Waals surface area contributed by atoms with Crippen LogP contribution in [0.2, 0.25) is 0 Å². The fourth-order valence-corrected chi connectivity index (χ4v) is 6.41. The molecule has 40 heavy (non-hydrogen) atoms. The molecule has 0 spiro atoms. The van der Waals surface area contributed by atoms with Crippen LogP contribution in [-0.2, 0) is 19.8 Å². The first-order valence-corrected chi connectivity index (χ1v) is 13.8. The van der Waals surface area contributed by atoms with E-state index in [1.807, 2.05) is 23.7 Å². The van der Waals surface area contributed by atoms with Gasteiger partial charge in [0.25, 0.3) is 0 Å². The number of rotatable bonds is 6. The van der Waals surface area contributed by atoms with Crippen LogP contribution in [0.4, 0.5) is 13.2 Å². The minimum Gasteiger partial charge on any atom is -0.393 e. The molecule has 3 aromatic heterocycles. The Labute approximate surface area is 229 Å². The first kappa shape index (κ1) is 26.8. The van der Waals surface area contributed by atoms with Gasteiger partial charge in [-0.25, -0.2) is 4.79 Å². The standard InChI is InChI=1S/C29H33F3N6O2/c1-18-5-4-8-36(13-18)14-19-9-24(29(30,31)32)25-16-37(28(40)38(25)15-19)22-7-3-6-20(10-22)26(21-11-23(39)12-21)27-34-33-17-35(27)2/h3,6-7,9-10,15-18,21,23,26,39H,4-5,8,11-14H2,1-2H3/t18-,21-,23-,26-/m0/s1. The van der Waals surface area contributed by atoms with Crippen LogP contribution in [0, 0.1) is 11.8 Å². The molecular weight excluding hydrogens is 521 g/mol. The molecule has 2 atom stereocenters. The third-order valence-corrected chi connectivity index (χ3v) is 8.43. The number of likely N-dealkylation sites (tertiary alicyclic amines) is 1. The number of aliphatic hydroxyl groups excluding tert-OH is 1. The second-order valence-corrected chi connectivity index (χ2v) is 11.5. The number of piperidine rings is 1. The quantitative estimate of drug-likeness (QED) is 0.383. The van der Waals surface area contributed by atoms with E-state index in [1.165, 1.54) is 16.8 Å². The van der Waals surface area contributed by atoms with E-state index < -0.39 is 17.4 Å². The molecule has 2 fully saturated rings. The number of benzene rings is 1. The summed E-state index contributed by atoms with van der Waals surface area (Å²) in [6.07, 6.45) is 2.82. The highest BCUT2D eigenvalue weighted by atomic mass is 19.4. The Hall–Kier alpha value is -3.44. The van der Waals surface area contributed by atoms with Gasteiger partial charge in [-0.3, -0.25) is 13.9 Å². The number of hydrogen-bond acceptors (Lipinski definition) is 5. The van der Waals surface area contributed by atoms with Crippen LogP contribution >= 0.6 is 0 Å². The number of halogens is 3. The van der Waals surface area contributed by atoms with Crippen molar-refractivity contribution < 1.29 is 18.3 Å². The third kappa shape index (κ3) is 4.96. The molecule has 1 aliphatic carbocycles. The zero-order valence-electron chi connectivity index (χ0n) is 22.6. The Morgan fingerprint density at radius 1 is 1.18 bits per heavy atom. The van der Waals surface area contributed by atoms with E-state index in [9.17, 15) is 23.1 Å². The predicted molar refractivity (Wildman–Crippen MR) is 143 cm³/mol. The third-order valence-electron chi connectivity index (χ3n) is 8.43. The van der Waals surface area contributed by atoms with Gasteiger partial charge in [0, 0.05) is 38.4 Å². The summed E-state index contributed by atoms with van der Waals surface area (Å²) in [6, 6.07) is 8.45. The van der Waals surface area contributed by atoms with Gasteiger partial charge < -0.3 is 9.67 Å². The molecule has 11 heteroatoms. The first-order valence-electron chi connectivity index (χ1n) is 13.8. The first-order chi connectivity index (χ1) is 19.1. The van der Waals surface area contributed by atoms with Gasteiger partial charge in [-0.1, -0.05) is 19.1 Å². The van der Waals surface area contributed by atoms with Gasteiger partial charge in [-0.05, 0) is 73.4 Å². The lowest BCUT2D eigenvalue weighted by Crippen LogP contribution is -2.34. The van der Waals surface area contributed by atoms with E-state index in [4.69, 9.17) is 0 Å². The number of aromatic nitrogens is 5. The number of alkyl halides is 3. The van der Waals surface area contributed by atoms with Crippen LogP contribution in [0.15, 0.2) is 53.8 Å². The lowest BCUT2D eigenvalue weighted by Gasteiger charge is -2.37. The number of pyridine rings is 1. The van der Waals surface area contributed by atoms with Gasteiger partial charge in [0.05, 0.1) is 22.9 Å². The highest BCUT2D eigenvalue weighted by Crippen LogP contribution is 2.43. The topological polar surface area (TPSA) is 80.6 Å². The van der Waals surface area contributed by atoms with Crippen molar-refractivity contribution in [3.63, 3.8) is 0 Å². The molecular formula is C29H33F3N6O2. The van der Waals surface area contributed by atoms with Crippen LogP contribution in [0.5, 0.6) is 0 Å². The number of aliphatic hydroxyl groups is 1. The summed E-state index contributed by atoms with van der Waals surface area (Å²) < 4.78 is 47.0. The Kier molecular flexibility index (Phi) is 6.82. The number of fused-ring (bicyclic) bond motifs is 1. The highest BCUT2D eigenvalue weighted by molar-refractivity contribution is 5.58. The SMILES string of the molecule is C[C@H]1CCCN(Cc2cc(C(F)(F)F)c3cn(-c4cccc([C@H](c5nncn5C)[C@H]5C[C@H](O)C5)c4)c(=O)n3c2)C1. The molecule has 1 saturated carbocycles. The van der Waals surface area contributed by atoms with Crippen molar-refractivity contribution in [1.82, 2.24) is 28.6 Å². The molecule has 4 heterocycles. The molecule has 0 radical (unpaired) electrons. The smallest absolute Gasteiger partial charge is 0.393 e. The number of hydrogen-bond donors (Lipinski definition) is 1. The van der Waals surface area contributed by atoms with Gasteiger partial charge in [0.2, 0.25) is 0 Å². The zero-order chi connectivity index (χ0) is 28.2. The summed E-state index contributed by atoms with van der Waals surface area (Å²) in [4.78, 5) is 15.8. The summed E-state index contributed by atoms with van der Waals surface area (Å²) in [5, 5.41) is 18.3. The molecule has 6 rings (SSSR count). The van der Waals surface area contributed by atoms with Crippen molar-refractivity contribution in [3.05, 3.63) is 82.1 Å². The van der Waals surface area contributed by atoms with E-state index >= 15 is 0 Å². The summed E-state index contributed by atoms with van der Waals surface area (Å²) in [5.74, 6) is 1.19. The maximum absolute atomic E-state index is 14.2. The van der Waals surface area contributed by atoms with Crippen LogP contribution in [0.1, 0.15) is 61.0 Å². The van der Waals surface area contributed by atoms with Crippen molar-refractivity contribution in [3.8, 4) is 5.69 Å². The van der Waals surface area contributed by atoms with Gasteiger partial charge in [-0.15, -0.1) is 10.2 Å². The number of imidazole rings is 1. The molecule has 1 N–H and O–H groups in total. The average Bonchev–Trinajstić information content (AvgIpc) is 3.45. The Morgan fingerprint density at radius 2 is 1.98 bits per heavy atom. The number of aryl methyl sites for hydroxylation is 1. The van der Waals surface area contributed by atoms with Crippen molar-refractivity contribution in [2.75, 3.05) is 13.1 Å².